The van der Waals surface area contributed by atoms with E-state index in [2.05, 4.69) is 38.2 Å². The number of amides is 2. The van der Waals surface area contributed by atoms with E-state index in [-0.39, 0.29) is 17.6 Å². The van der Waals surface area contributed by atoms with Crippen molar-refractivity contribution < 1.29 is 9.37 Å². The van der Waals surface area contributed by atoms with Gasteiger partial charge < -0.3 is 0 Å². The zero-order valence-electron chi connectivity index (χ0n) is 13.4. The first-order chi connectivity index (χ1) is 11.9. The van der Waals surface area contributed by atoms with Crippen molar-refractivity contribution in [1.82, 2.24) is 10.2 Å². The Bertz CT molecular complexity index is 896. The molecule has 130 valence electrons. The number of anilines is 1. The smallest absolute Gasteiger partial charge is 0.268 e. The molecule has 25 heavy (non-hydrogen) atoms. The third kappa shape index (κ3) is 4.16. The molecule has 0 saturated heterocycles. The molecule has 1 aliphatic carbocycles. The van der Waals surface area contributed by atoms with Gasteiger partial charge in [-0.15, -0.1) is 0 Å². The number of halogens is 2. The minimum Gasteiger partial charge on any atom is -0.268 e. The summed E-state index contributed by atoms with van der Waals surface area (Å²) in [4.78, 5) is 24.0. The Hall–Kier alpha value is -1.99. The van der Waals surface area contributed by atoms with Crippen LogP contribution in [-0.4, -0.2) is 33.6 Å². The quantitative estimate of drug-likeness (QED) is 0.441. The Labute approximate surface area is 158 Å². The van der Waals surface area contributed by atoms with Gasteiger partial charge in [-0.1, -0.05) is 11.6 Å². The van der Waals surface area contributed by atoms with E-state index in [0.29, 0.717) is 17.1 Å². The van der Waals surface area contributed by atoms with Crippen LogP contribution in [0.4, 0.5) is 10.5 Å². The standard InChI is InChI=1S/C17H16BrClN4O2/c1-23(17(25)20-11-5-6-13(18)14(19)9-11)12-3-2-4-15-10(7-12)8-16(24)22-21-15/h5-6,8-9,12H,1-4,7H2,(H-,20,22,24,25)/p+1/t12-/m1/s1. The number of fused-ring (bicyclic) bond motifs is 1. The predicted molar refractivity (Wildman–Crippen MR) is 101 cm³/mol. The lowest BCUT2D eigenvalue weighted by atomic mass is 10.1. The molecule has 2 aromatic rings. The normalized spacial score (nSPS) is 16.6. The molecule has 1 aromatic carbocycles. The van der Waals surface area contributed by atoms with Crippen LogP contribution in [0.3, 0.4) is 0 Å². The van der Waals surface area contributed by atoms with Gasteiger partial charge in [-0.05, 0) is 52.9 Å². The van der Waals surface area contributed by atoms with Crippen molar-refractivity contribution in [3.8, 4) is 0 Å². The number of hydrogen-bond acceptors (Lipinski definition) is 3. The van der Waals surface area contributed by atoms with Gasteiger partial charge >= 0.3 is 6.03 Å². The third-order valence-corrected chi connectivity index (χ3v) is 5.49. The number of aryl methyl sites for hydroxylation is 1. The number of nitrogens with one attached hydrogen (secondary N) is 2. The molecule has 0 aliphatic heterocycles. The highest BCUT2D eigenvalue weighted by Gasteiger charge is 2.28. The van der Waals surface area contributed by atoms with Gasteiger partial charge in [-0.2, -0.15) is 9.89 Å². The number of aromatic nitrogens is 2. The second-order valence-electron chi connectivity index (χ2n) is 5.98. The molecule has 1 aromatic heterocycles. The Morgan fingerprint density at radius 3 is 3.00 bits per heavy atom. The zero-order valence-corrected chi connectivity index (χ0v) is 15.7. The van der Waals surface area contributed by atoms with Crippen LogP contribution < -0.4 is 10.9 Å². The number of carbonyl (C=O) groups is 1. The molecule has 0 fully saturated rings. The van der Waals surface area contributed by atoms with E-state index in [1.165, 1.54) is 4.58 Å². The number of carbonyl (C=O) groups excluding carboxylic acids is 1. The van der Waals surface area contributed by atoms with Crippen molar-refractivity contribution in [2.24, 2.45) is 0 Å². The Morgan fingerprint density at radius 1 is 1.44 bits per heavy atom. The van der Waals surface area contributed by atoms with E-state index in [4.69, 9.17) is 11.6 Å². The lowest BCUT2D eigenvalue weighted by Crippen LogP contribution is -2.35. The Morgan fingerprint density at radius 2 is 2.24 bits per heavy atom. The topological polar surface area (TPSA) is 77.9 Å². The number of aromatic amines is 1. The molecule has 6 nitrogen and oxygen atoms in total. The number of H-pyrrole nitrogens is 1. The lowest BCUT2D eigenvalue weighted by molar-refractivity contribution is -0.460. The monoisotopic (exact) mass is 423 g/mol. The fourth-order valence-electron chi connectivity index (χ4n) is 2.92. The molecule has 1 atom stereocenters. The predicted octanol–water partition coefficient (Wildman–Crippen LogP) is 3.38. The molecular formula is C17H17BrClN4O2+. The van der Waals surface area contributed by atoms with Crippen molar-refractivity contribution in [3.63, 3.8) is 0 Å². The average Bonchev–Trinajstić information content (AvgIpc) is 2.79. The minimum absolute atomic E-state index is 0.101. The van der Waals surface area contributed by atoms with Crippen molar-refractivity contribution in [2.75, 3.05) is 5.32 Å². The highest BCUT2D eigenvalue weighted by Crippen LogP contribution is 2.26. The van der Waals surface area contributed by atoms with Crippen LogP contribution in [0, 0.1) is 0 Å². The van der Waals surface area contributed by atoms with Crippen LogP contribution in [-0.2, 0) is 12.8 Å². The summed E-state index contributed by atoms with van der Waals surface area (Å²) in [5.41, 5.74) is 2.12. The zero-order chi connectivity index (χ0) is 18.0. The van der Waals surface area contributed by atoms with Crippen LogP contribution in [0.1, 0.15) is 24.1 Å². The first-order valence-corrected chi connectivity index (χ1v) is 9.04. The highest BCUT2D eigenvalue weighted by atomic mass is 79.9. The number of rotatable bonds is 2. The molecule has 1 aliphatic rings. The SMILES string of the molecule is C=[N+](C(=O)Nc1ccc(Br)c(Cl)c1)[C@@H]1CCCc2n[nH]c(=O)cc2C1. The number of hydrogen-bond donors (Lipinski definition) is 2. The van der Waals surface area contributed by atoms with Gasteiger partial charge in [0.1, 0.15) is 11.7 Å². The summed E-state index contributed by atoms with van der Waals surface area (Å²) < 4.78 is 2.20. The van der Waals surface area contributed by atoms with Crippen LogP contribution in [0.25, 0.3) is 0 Å². The summed E-state index contributed by atoms with van der Waals surface area (Å²) in [5.74, 6) is 0. The summed E-state index contributed by atoms with van der Waals surface area (Å²) in [7, 11) is 0. The number of nitrogens with zero attached hydrogens (tertiary/aromatic N) is 2. The van der Waals surface area contributed by atoms with Crippen molar-refractivity contribution in [3.05, 3.63) is 55.4 Å². The van der Waals surface area contributed by atoms with Gasteiger partial charge in [0.25, 0.3) is 5.56 Å². The lowest BCUT2D eigenvalue weighted by Gasteiger charge is -2.14. The fourth-order valence-corrected chi connectivity index (χ4v) is 3.35. The molecule has 0 saturated carbocycles. The molecule has 0 spiro atoms. The Balaban J connectivity index is 1.74. The summed E-state index contributed by atoms with van der Waals surface area (Å²) in [6, 6.07) is 6.34. The van der Waals surface area contributed by atoms with E-state index in [1.54, 1.807) is 24.3 Å². The molecular weight excluding hydrogens is 408 g/mol. The van der Waals surface area contributed by atoms with E-state index in [9.17, 15) is 9.59 Å². The van der Waals surface area contributed by atoms with Gasteiger partial charge in [-0.25, -0.2) is 15.0 Å². The second-order valence-corrected chi connectivity index (χ2v) is 7.24. The second kappa shape index (κ2) is 7.49. The molecule has 3 rings (SSSR count). The average molecular weight is 425 g/mol. The first-order valence-electron chi connectivity index (χ1n) is 7.87. The maximum atomic E-state index is 12.5. The van der Waals surface area contributed by atoms with Crippen molar-refractivity contribution >= 4 is 46.0 Å². The third-order valence-electron chi connectivity index (χ3n) is 4.26. The van der Waals surface area contributed by atoms with E-state index in [0.717, 1.165) is 35.0 Å². The molecule has 1 heterocycles. The first kappa shape index (κ1) is 17.8. The van der Waals surface area contributed by atoms with Gasteiger partial charge in [0.2, 0.25) is 0 Å². The van der Waals surface area contributed by atoms with E-state index < -0.39 is 0 Å². The van der Waals surface area contributed by atoms with Crippen molar-refractivity contribution in [1.29, 1.82) is 0 Å². The maximum absolute atomic E-state index is 12.5. The maximum Gasteiger partial charge on any atom is 0.495 e. The van der Waals surface area contributed by atoms with Crippen molar-refractivity contribution in [2.45, 2.75) is 31.7 Å². The largest absolute Gasteiger partial charge is 0.495 e. The van der Waals surface area contributed by atoms with Crippen LogP contribution in [0.2, 0.25) is 5.02 Å². The fraction of sp³-hybridized carbons (Fsp3) is 0.294. The van der Waals surface area contributed by atoms with Crippen LogP contribution in [0.15, 0.2) is 33.5 Å². The van der Waals surface area contributed by atoms with E-state index >= 15 is 0 Å². The molecule has 0 unspecified atom stereocenters. The molecule has 2 amide bonds. The number of urea groups is 1. The van der Waals surface area contributed by atoms with Crippen LogP contribution in [0.5, 0.6) is 0 Å². The molecule has 0 bridgehead atoms. The highest BCUT2D eigenvalue weighted by molar-refractivity contribution is 9.10. The molecule has 2 N–H and O–H groups in total. The van der Waals surface area contributed by atoms with Gasteiger partial charge in [-0.3, -0.25) is 4.79 Å². The summed E-state index contributed by atoms with van der Waals surface area (Å²) in [6.45, 7) is 3.91. The van der Waals surface area contributed by atoms with Gasteiger partial charge in [0.05, 0.1) is 17.4 Å². The molecule has 0 radical (unpaired) electrons. The van der Waals surface area contributed by atoms with Gasteiger partial charge in [0.15, 0.2) is 0 Å². The van der Waals surface area contributed by atoms with Gasteiger partial charge in [0, 0.05) is 23.0 Å². The number of benzene rings is 1. The Kier molecular flexibility index (Phi) is 5.34. The van der Waals surface area contributed by atoms with Crippen LogP contribution >= 0.6 is 27.5 Å². The summed E-state index contributed by atoms with van der Waals surface area (Å²) in [6.07, 6.45) is 3.01. The minimum atomic E-state index is -0.315. The van der Waals surface area contributed by atoms with E-state index in [1.807, 2.05) is 0 Å². The summed E-state index contributed by atoms with van der Waals surface area (Å²) in [5, 5.41) is 9.89. The molecule has 8 heteroatoms. The summed E-state index contributed by atoms with van der Waals surface area (Å²) >= 11 is 9.37.